The van der Waals surface area contributed by atoms with Gasteiger partial charge in [-0.25, -0.2) is 4.79 Å². The molecule has 1 aliphatic heterocycles. The molecule has 4 nitrogen and oxygen atoms in total. The van der Waals surface area contributed by atoms with Crippen LogP contribution in [0.15, 0.2) is 0 Å². The third kappa shape index (κ3) is 1.86. The number of carbonyl (C=O) groups is 2. The van der Waals surface area contributed by atoms with Crippen LogP contribution >= 0.6 is 11.8 Å². The average Bonchev–Trinajstić information content (AvgIpc) is 1.94. The van der Waals surface area contributed by atoms with Crippen molar-refractivity contribution in [1.29, 1.82) is 0 Å². The molecule has 1 heterocycles. The van der Waals surface area contributed by atoms with Gasteiger partial charge in [0, 0.05) is 5.75 Å². The van der Waals surface area contributed by atoms with Crippen LogP contribution in [0.3, 0.4) is 0 Å². The molecule has 0 saturated carbocycles. The SMILES string of the molecule is C[C@H]1SC[C@@H](C(=O)O)NC1=O. The Hall–Kier alpha value is -0.710. The summed E-state index contributed by atoms with van der Waals surface area (Å²) in [6, 6.07) is -0.705. The Bertz CT molecular complexity index is 194. The van der Waals surface area contributed by atoms with Gasteiger partial charge in [0.15, 0.2) is 0 Å². The molecule has 0 bridgehead atoms. The highest BCUT2D eigenvalue weighted by Gasteiger charge is 2.29. The maximum atomic E-state index is 10.9. The topological polar surface area (TPSA) is 66.4 Å². The van der Waals surface area contributed by atoms with E-state index in [2.05, 4.69) is 5.32 Å². The predicted octanol–water partition coefficient (Wildman–Crippen LogP) is -0.309. The molecule has 1 amide bonds. The summed E-state index contributed by atoms with van der Waals surface area (Å²) in [5, 5.41) is 10.8. The molecular formula is C6H9NO3S. The molecule has 62 valence electrons. The minimum Gasteiger partial charge on any atom is -0.480 e. The summed E-state index contributed by atoms with van der Waals surface area (Å²) in [6.07, 6.45) is 0. The first-order valence-corrected chi connectivity index (χ1v) is 4.31. The van der Waals surface area contributed by atoms with Crippen molar-refractivity contribution < 1.29 is 14.7 Å². The lowest BCUT2D eigenvalue weighted by Gasteiger charge is -2.23. The second-order valence-electron chi connectivity index (χ2n) is 2.37. The highest BCUT2D eigenvalue weighted by molar-refractivity contribution is 8.00. The summed E-state index contributed by atoms with van der Waals surface area (Å²) in [5.41, 5.74) is 0. The normalized spacial score (nSPS) is 31.2. The largest absolute Gasteiger partial charge is 0.480 e. The summed E-state index contributed by atoms with van der Waals surface area (Å²) < 4.78 is 0. The van der Waals surface area contributed by atoms with Crippen LogP contribution in [-0.4, -0.2) is 34.0 Å². The molecule has 2 atom stereocenters. The van der Waals surface area contributed by atoms with Crippen LogP contribution in [0.4, 0.5) is 0 Å². The smallest absolute Gasteiger partial charge is 0.327 e. The monoisotopic (exact) mass is 175 g/mol. The summed E-state index contributed by atoms with van der Waals surface area (Å²) >= 11 is 1.37. The quantitative estimate of drug-likeness (QED) is 0.573. The van der Waals surface area contributed by atoms with Crippen molar-refractivity contribution >= 4 is 23.6 Å². The number of thioether (sulfide) groups is 1. The minimum absolute atomic E-state index is 0.120. The van der Waals surface area contributed by atoms with E-state index < -0.39 is 12.0 Å². The molecule has 0 radical (unpaired) electrons. The molecule has 1 fully saturated rings. The molecule has 0 spiro atoms. The van der Waals surface area contributed by atoms with Gasteiger partial charge in [0.2, 0.25) is 5.91 Å². The van der Waals surface area contributed by atoms with Gasteiger partial charge >= 0.3 is 5.97 Å². The molecule has 1 saturated heterocycles. The molecule has 2 N–H and O–H groups in total. The van der Waals surface area contributed by atoms with E-state index in [9.17, 15) is 9.59 Å². The molecule has 0 aromatic heterocycles. The van der Waals surface area contributed by atoms with Crippen LogP contribution in [0.25, 0.3) is 0 Å². The number of hydrogen-bond donors (Lipinski definition) is 2. The van der Waals surface area contributed by atoms with Gasteiger partial charge in [0.25, 0.3) is 0 Å². The van der Waals surface area contributed by atoms with Crippen molar-refractivity contribution in [3.63, 3.8) is 0 Å². The fraction of sp³-hybridized carbons (Fsp3) is 0.667. The Kier molecular flexibility index (Phi) is 2.38. The highest BCUT2D eigenvalue weighted by atomic mass is 32.2. The summed E-state index contributed by atoms with van der Waals surface area (Å²) in [4.78, 5) is 21.3. The summed E-state index contributed by atoms with van der Waals surface area (Å²) in [6.45, 7) is 1.76. The number of carboxylic acids is 1. The molecule has 1 aliphatic rings. The number of hydrogen-bond acceptors (Lipinski definition) is 3. The zero-order valence-corrected chi connectivity index (χ0v) is 6.85. The van der Waals surface area contributed by atoms with E-state index in [1.54, 1.807) is 6.92 Å². The molecule has 0 aliphatic carbocycles. The zero-order chi connectivity index (χ0) is 8.43. The van der Waals surface area contributed by atoms with E-state index in [1.165, 1.54) is 11.8 Å². The standard InChI is InChI=1S/C6H9NO3S/c1-3-5(8)7-4(2-11-3)6(9)10/h3-4H,2H2,1H3,(H,7,8)(H,9,10)/t3-,4+/m1/s1. The summed E-state index contributed by atoms with van der Waals surface area (Å²) in [5.74, 6) is -0.686. The number of nitrogens with one attached hydrogen (secondary N) is 1. The van der Waals surface area contributed by atoms with Crippen LogP contribution in [0.5, 0.6) is 0 Å². The molecule has 1 rings (SSSR count). The fourth-order valence-corrected chi connectivity index (χ4v) is 1.71. The fourth-order valence-electron chi connectivity index (χ4n) is 0.780. The first kappa shape index (κ1) is 8.39. The van der Waals surface area contributed by atoms with Gasteiger partial charge in [-0.2, -0.15) is 0 Å². The lowest BCUT2D eigenvalue weighted by Crippen LogP contribution is -2.49. The predicted molar refractivity (Wildman–Crippen MR) is 41.5 cm³/mol. The molecule has 5 heteroatoms. The molecule has 11 heavy (non-hydrogen) atoms. The lowest BCUT2D eigenvalue weighted by molar-refractivity contribution is -0.141. The van der Waals surface area contributed by atoms with Crippen molar-refractivity contribution in [2.45, 2.75) is 18.2 Å². The van der Waals surface area contributed by atoms with Crippen LogP contribution in [-0.2, 0) is 9.59 Å². The van der Waals surface area contributed by atoms with Crippen molar-refractivity contribution in [3.05, 3.63) is 0 Å². The average molecular weight is 175 g/mol. The van der Waals surface area contributed by atoms with E-state index in [0.29, 0.717) is 5.75 Å². The van der Waals surface area contributed by atoms with Crippen LogP contribution in [0.1, 0.15) is 6.92 Å². The Balaban J connectivity index is 2.53. The van der Waals surface area contributed by atoms with Gasteiger partial charge in [0.05, 0.1) is 5.25 Å². The van der Waals surface area contributed by atoms with Crippen molar-refractivity contribution in [2.24, 2.45) is 0 Å². The van der Waals surface area contributed by atoms with Crippen molar-refractivity contribution in [1.82, 2.24) is 5.32 Å². The maximum absolute atomic E-state index is 10.9. The lowest BCUT2D eigenvalue weighted by atomic mass is 10.3. The zero-order valence-electron chi connectivity index (χ0n) is 6.03. The number of carbonyl (C=O) groups excluding carboxylic acids is 1. The minimum atomic E-state index is -0.960. The van der Waals surface area contributed by atoms with E-state index in [4.69, 9.17) is 5.11 Å². The van der Waals surface area contributed by atoms with Crippen molar-refractivity contribution in [3.8, 4) is 0 Å². The second kappa shape index (κ2) is 3.13. The number of aliphatic carboxylic acids is 1. The third-order valence-corrected chi connectivity index (χ3v) is 2.74. The Labute approximate surface area is 68.3 Å². The second-order valence-corrected chi connectivity index (χ2v) is 3.75. The van der Waals surface area contributed by atoms with Gasteiger partial charge in [-0.05, 0) is 6.92 Å². The molecule has 0 aromatic carbocycles. The summed E-state index contributed by atoms with van der Waals surface area (Å²) in [7, 11) is 0. The first-order valence-electron chi connectivity index (χ1n) is 3.26. The Morgan fingerprint density at radius 3 is 2.91 bits per heavy atom. The van der Waals surface area contributed by atoms with Gasteiger partial charge in [-0.1, -0.05) is 0 Å². The number of rotatable bonds is 1. The van der Waals surface area contributed by atoms with Crippen molar-refractivity contribution in [2.75, 3.05) is 5.75 Å². The van der Waals surface area contributed by atoms with Gasteiger partial charge < -0.3 is 10.4 Å². The van der Waals surface area contributed by atoms with E-state index in [0.717, 1.165) is 0 Å². The van der Waals surface area contributed by atoms with Gasteiger partial charge in [0.1, 0.15) is 6.04 Å². The van der Waals surface area contributed by atoms with E-state index >= 15 is 0 Å². The maximum Gasteiger partial charge on any atom is 0.327 e. The van der Waals surface area contributed by atoms with Gasteiger partial charge in [-0.15, -0.1) is 11.8 Å². The van der Waals surface area contributed by atoms with E-state index in [-0.39, 0.29) is 11.2 Å². The number of carboxylic acid groups (broad SMARTS) is 1. The first-order chi connectivity index (χ1) is 5.11. The Morgan fingerprint density at radius 2 is 2.45 bits per heavy atom. The molecular weight excluding hydrogens is 166 g/mol. The van der Waals surface area contributed by atoms with E-state index in [1.807, 2.05) is 0 Å². The molecule has 0 unspecified atom stereocenters. The molecule has 0 aromatic rings. The van der Waals surface area contributed by atoms with Crippen LogP contribution in [0, 0.1) is 0 Å². The third-order valence-electron chi connectivity index (χ3n) is 1.50. The van der Waals surface area contributed by atoms with Crippen LogP contribution in [0.2, 0.25) is 0 Å². The number of amides is 1. The highest BCUT2D eigenvalue weighted by Crippen LogP contribution is 2.16. The van der Waals surface area contributed by atoms with Crippen LogP contribution < -0.4 is 5.32 Å². The Morgan fingerprint density at radius 1 is 1.82 bits per heavy atom. The van der Waals surface area contributed by atoms with Gasteiger partial charge in [-0.3, -0.25) is 4.79 Å².